The van der Waals surface area contributed by atoms with E-state index >= 15 is 0 Å². The van der Waals surface area contributed by atoms with Crippen LogP contribution in [0.2, 0.25) is 0 Å². The highest BCUT2D eigenvalue weighted by Gasteiger charge is 2.28. The van der Waals surface area contributed by atoms with E-state index in [0.29, 0.717) is 55.5 Å². The van der Waals surface area contributed by atoms with E-state index < -0.39 is 10.0 Å². The van der Waals surface area contributed by atoms with E-state index in [2.05, 4.69) is 28.9 Å². The minimum Gasteiger partial charge on any atom is -0.352 e. The van der Waals surface area contributed by atoms with Crippen molar-refractivity contribution in [3.8, 4) is 0 Å². The Kier molecular flexibility index (Phi) is 8.60. The van der Waals surface area contributed by atoms with E-state index in [1.54, 1.807) is 33.1 Å². The van der Waals surface area contributed by atoms with Crippen LogP contribution in [0.15, 0.2) is 48.9 Å². The number of piperidine rings is 1. The Morgan fingerprint density at radius 2 is 1.92 bits per heavy atom. The van der Waals surface area contributed by atoms with E-state index in [1.807, 2.05) is 26.1 Å². The van der Waals surface area contributed by atoms with Gasteiger partial charge in [0.25, 0.3) is 5.91 Å². The second-order valence-corrected chi connectivity index (χ2v) is 12.5. The molecule has 2 aliphatic heterocycles. The van der Waals surface area contributed by atoms with Crippen molar-refractivity contribution < 1.29 is 18.0 Å². The maximum Gasteiger partial charge on any atom is 0.258 e. The van der Waals surface area contributed by atoms with Crippen LogP contribution in [0.3, 0.4) is 0 Å². The molecule has 4 rings (SSSR count). The zero-order valence-electron chi connectivity index (χ0n) is 23.0. The lowest BCUT2D eigenvalue weighted by atomic mass is 9.93. The number of nitrogens with zero attached hydrogens (tertiary/aromatic N) is 4. The number of benzene rings is 1. The van der Waals surface area contributed by atoms with Crippen LogP contribution in [-0.4, -0.2) is 58.1 Å². The molecule has 3 heterocycles. The molecular formula is C28H38N6O4S. The molecular weight excluding hydrogens is 516 g/mol. The van der Waals surface area contributed by atoms with Crippen molar-refractivity contribution in [2.24, 2.45) is 13.0 Å². The fourth-order valence-electron chi connectivity index (χ4n) is 5.10. The summed E-state index contributed by atoms with van der Waals surface area (Å²) in [6.07, 6.45) is 4.46. The number of aromatic nitrogens is 2. The third kappa shape index (κ3) is 6.42. The summed E-state index contributed by atoms with van der Waals surface area (Å²) in [6.45, 7) is 13.4. The molecule has 0 unspecified atom stereocenters. The Hall–Kier alpha value is -3.44. The number of carbonyl (C=O) groups is 2. The number of anilines is 1. The van der Waals surface area contributed by atoms with E-state index in [-0.39, 0.29) is 17.6 Å². The molecule has 0 spiro atoms. The van der Waals surface area contributed by atoms with Crippen molar-refractivity contribution in [2.75, 3.05) is 24.2 Å². The minimum atomic E-state index is -3.14. The van der Waals surface area contributed by atoms with Crippen LogP contribution in [0.25, 0.3) is 0 Å². The van der Waals surface area contributed by atoms with Gasteiger partial charge in [0.1, 0.15) is 5.82 Å². The van der Waals surface area contributed by atoms with E-state index in [1.165, 1.54) is 0 Å². The van der Waals surface area contributed by atoms with Crippen LogP contribution in [0.4, 0.5) is 5.82 Å². The summed E-state index contributed by atoms with van der Waals surface area (Å²) in [6, 6.07) is 5.56. The second kappa shape index (κ2) is 11.7. The lowest BCUT2D eigenvalue weighted by Crippen LogP contribution is -2.39. The Bertz CT molecular complexity index is 1390. The van der Waals surface area contributed by atoms with Crippen LogP contribution in [0.5, 0.6) is 0 Å². The zero-order valence-corrected chi connectivity index (χ0v) is 23.8. The molecule has 2 aliphatic rings. The highest BCUT2D eigenvalue weighted by molar-refractivity contribution is 7.89. The van der Waals surface area contributed by atoms with Gasteiger partial charge in [0, 0.05) is 44.2 Å². The third-order valence-corrected chi connectivity index (χ3v) is 9.54. The fraction of sp³-hybridized carbons (Fsp3) is 0.464. The molecule has 1 fully saturated rings. The van der Waals surface area contributed by atoms with Gasteiger partial charge in [0.2, 0.25) is 15.9 Å². The first-order chi connectivity index (χ1) is 18.5. The smallest absolute Gasteiger partial charge is 0.258 e. The Morgan fingerprint density at radius 1 is 1.21 bits per heavy atom. The van der Waals surface area contributed by atoms with Gasteiger partial charge < -0.3 is 15.5 Å². The molecule has 0 aliphatic carbocycles. The standard InChI is InChI=1S/C28H38N6O4S/c1-6-39(37,38)33-13-11-22(12-14-33)8-10-26(35)29-16-23-7-9-25(19(2)15-23)28(36)34-18-24-17-30-32(5)27(24)31-20(3)21(34)4/h7,9,15,17,22,31H,3-4,6,8,10-14,16,18H2,1-2,5H3,(H,29,35). The number of aryl methyl sites for hydroxylation is 2. The monoisotopic (exact) mass is 554 g/mol. The number of hydrogen-bond donors (Lipinski definition) is 2. The Labute approximate surface area is 230 Å². The third-order valence-electron chi connectivity index (χ3n) is 7.65. The van der Waals surface area contributed by atoms with E-state index in [4.69, 9.17) is 0 Å². The first kappa shape index (κ1) is 28.6. The Morgan fingerprint density at radius 3 is 2.59 bits per heavy atom. The summed E-state index contributed by atoms with van der Waals surface area (Å²) < 4.78 is 27.3. The molecule has 2 aromatic rings. The molecule has 0 atom stereocenters. The van der Waals surface area contributed by atoms with Gasteiger partial charge in [0.05, 0.1) is 29.9 Å². The normalized spacial score (nSPS) is 16.9. The van der Waals surface area contributed by atoms with E-state index in [9.17, 15) is 18.0 Å². The van der Waals surface area contributed by atoms with Gasteiger partial charge in [-0.05, 0) is 56.2 Å². The SMILES string of the molecule is C=C1Nc2c(cnn2C)CN(C(=O)c2ccc(CNC(=O)CCC3CCN(S(=O)(=O)CC)CC3)cc2C)C1=C. The molecule has 11 heteroatoms. The summed E-state index contributed by atoms with van der Waals surface area (Å²) in [7, 11) is -1.31. The lowest BCUT2D eigenvalue weighted by molar-refractivity contribution is -0.121. The highest BCUT2D eigenvalue weighted by Crippen LogP contribution is 2.29. The molecule has 210 valence electrons. The molecule has 1 saturated heterocycles. The van der Waals surface area contributed by atoms with Gasteiger partial charge in [0.15, 0.2) is 0 Å². The summed E-state index contributed by atoms with van der Waals surface area (Å²) in [5.41, 5.74) is 4.19. The zero-order chi connectivity index (χ0) is 28.3. The summed E-state index contributed by atoms with van der Waals surface area (Å²) in [4.78, 5) is 27.6. The summed E-state index contributed by atoms with van der Waals surface area (Å²) in [5.74, 6) is 1.06. The first-order valence-electron chi connectivity index (χ1n) is 13.3. The fourth-order valence-corrected chi connectivity index (χ4v) is 6.23. The molecule has 0 saturated carbocycles. The first-order valence-corrected chi connectivity index (χ1v) is 14.9. The van der Waals surface area contributed by atoms with Crippen molar-refractivity contribution >= 4 is 27.7 Å². The van der Waals surface area contributed by atoms with Crippen LogP contribution >= 0.6 is 0 Å². The van der Waals surface area contributed by atoms with Crippen molar-refractivity contribution in [1.82, 2.24) is 24.3 Å². The average Bonchev–Trinajstić information content (AvgIpc) is 3.20. The van der Waals surface area contributed by atoms with Gasteiger partial charge in [-0.3, -0.25) is 14.3 Å². The highest BCUT2D eigenvalue weighted by atomic mass is 32.2. The van der Waals surface area contributed by atoms with Gasteiger partial charge in [-0.2, -0.15) is 5.10 Å². The number of amides is 2. The Balaban J connectivity index is 1.30. The molecule has 2 amide bonds. The summed E-state index contributed by atoms with van der Waals surface area (Å²) in [5, 5.41) is 10.4. The molecule has 0 radical (unpaired) electrons. The number of fused-ring (bicyclic) bond motifs is 1. The second-order valence-electron chi connectivity index (χ2n) is 10.3. The number of hydrogen-bond acceptors (Lipinski definition) is 6. The number of carbonyl (C=O) groups excluding carboxylic acids is 2. The summed E-state index contributed by atoms with van der Waals surface area (Å²) >= 11 is 0. The number of nitrogens with one attached hydrogen (secondary N) is 2. The molecule has 10 nitrogen and oxygen atoms in total. The van der Waals surface area contributed by atoms with Gasteiger partial charge >= 0.3 is 0 Å². The van der Waals surface area contributed by atoms with Crippen molar-refractivity contribution in [3.63, 3.8) is 0 Å². The minimum absolute atomic E-state index is 0.0319. The van der Waals surface area contributed by atoms with Crippen LogP contribution in [0.1, 0.15) is 59.7 Å². The average molecular weight is 555 g/mol. The number of rotatable bonds is 8. The molecule has 2 N–H and O–H groups in total. The number of sulfonamides is 1. The maximum atomic E-state index is 13.5. The van der Waals surface area contributed by atoms with Crippen molar-refractivity contribution in [2.45, 2.75) is 52.6 Å². The largest absolute Gasteiger partial charge is 0.352 e. The van der Waals surface area contributed by atoms with Crippen LogP contribution in [0, 0.1) is 12.8 Å². The quantitative estimate of drug-likeness (QED) is 0.517. The van der Waals surface area contributed by atoms with Gasteiger partial charge in [-0.25, -0.2) is 12.7 Å². The molecule has 1 aromatic heterocycles. The maximum absolute atomic E-state index is 13.5. The van der Waals surface area contributed by atoms with Gasteiger partial charge in [-0.15, -0.1) is 0 Å². The molecule has 0 bridgehead atoms. The predicted octanol–water partition coefficient (Wildman–Crippen LogP) is 3.28. The van der Waals surface area contributed by atoms with Crippen LogP contribution < -0.4 is 10.6 Å². The predicted molar refractivity (Wildman–Crippen MR) is 151 cm³/mol. The van der Waals surface area contributed by atoms with Crippen molar-refractivity contribution in [3.05, 3.63) is 71.2 Å². The lowest BCUT2D eigenvalue weighted by Gasteiger charge is -2.30. The van der Waals surface area contributed by atoms with E-state index in [0.717, 1.165) is 41.8 Å². The van der Waals surface area contributed by atoms with Crippen LogP contribution in [-0.2, 0) is 35.0 Å². The topological polar surface area (TPSA) is 117 Å². The van der Waals surface area contributed by atoms with Gasteiger partial charge in [-0.1, -0.05) is 25.3 Å². The molecule has 39 heavy (non-hydrogen) atoms. The van der Waals surface area contributed by atoms with Crippen molar-refractivity contribution in [1.29, 1.82) is 0 Å². The molecule has 1 aromatic carbocycles.